The van der Waals surface area contributed by atoms with E-state index in [2.05, 4.69) is 21.2 Å². The summed E-state index contributed by atoms with van der Waals surface area (Å²) in [6.45, 7) is 0.478. The zero-order chi connectivity index (χ0) is 9.68. The minimum Gasteiger partial charge on any atom is -0.380 e. The van der Waals surface area contributed by atoms with Crippen LogP contribution in [0.2, 0.25) is 0 Å². The van der Waals surface area contributed by atoms with E-state index in [1.54, 1.807) is 7.11 Å². The summed E-state index contributed by atoms with van der Waals surface area (Å²) in [7, 11) is 1.62. The molecule has 0 unspecified atom stereocenters. The Morgan fingerprint density at radius 1 is 1.62 bits per heavy atom. The SMILES string of the molecule is COCc1c(Br)cccc1NC#N. The van der Waals surface area contributed by atoms with E-state index in [4.69, 9.17) is 10.00 Å². The third-order valence-electron chi connectivity index (χ3n) is 1.60. The van der Waals surface area contributed by atoms with Crippen LogP contribution in [0.4, 0.5) is 5.69 Å². The Hall–Kier alpha value is -1.05. The highest BCUT2D eigenvalue weighted by Gasteiger charge is 2.04. The standard InChI is InChI=1S/C9H9BrN2O/c1-13-5-7-8(10)3-2-4-9(7)12-6-11/h2-4,12H,5H2,1H3. The molecule has 0 aliphatic heterocycles. The molecule has 0 saturated carbocycles. The summed E-state index contributed by atoms with van der Waals surface area (Å²) in [6.07, 6.45) is 1.88. The van der Waals surface area contributed by atoms with Crippen LogP contribution in [0.15, 0.2) is 22.7 Å². The van der Waals surface area contributed by atoms with Crippen LogP contribution in [-0.4, -0.2) is 7.11 Å². The van der Waals surface area contributed by atoms with Crippen molar-refractivity contribution in [2.24, 2.45) is 0 Å². The van der Waals surface area contributed by atoms with E-state index in [0.717, 1.165) is 15.7 Å². The van der Waals surface area contributed by atoms with Crippen molar-refractivity contribution < 1.29 is 4.74 Å². The van der Waals surface area contributed by atoms with Crippen molar-refractivity contribution in [1.29, 1.82) is 5.26 Å². The Morgan fingerprint density at radius 2 is 2.38 bits per heavy atom. The van der Waals surface area contributed by atoms with Gasteiger partial charge < -0.3 is 4.74 Å². The summed E-state index contributed by atoms with van der Waals surface area (Å²) in [5.74, 6) is 0. The molecule has 0 aromatic heterocycles. The molecule has 1 aromatic rings. The van der Waals surface area contributed by atoms with Gasteiger partial charge in [-0.3, -0.25) is 5.32 Å². The number of hydrogen-bond acceptors (Lipinski definition) is 3. The van der Waals surface area contributed by atoms with Gasteiger partial charge in [0.25, 0.3) is 0 Å². The number of nitriles is 1. The molecule has 0 amide bonds. The molecule has 0 bridgehead atoms. The van der Waals surface area contributed by atoms with Gasteiger partial charge in [0, 0.05) is 17.1 Å². The predicted molar refractivity (Wildman–Crippen MR) is 54.1 cm³/mol. The maximum absolute atomic E-state index is 8.49. The lowest BCUT2D eigenvalue weighted by molar-refractivity contribution is 0.185. The fourth-order valence-electron chi connectivity index (χ4n) is 1.03. The third-order valence-corrected chi connectivity index (χ3v) is 2.34. The van der Waals surface area contributed by atoms with Gasteiger partial charge in [-0.05, 0) is 12.1 Å². The second-order valence-corrected chi connectivity index (χ2v) is 3.29. The molecule has 1 aromatic carbocycles. The molecule has 68 valence electrons. The molecule has 1 N–H and O–H groups in total. The van der Waals surface area contributed by atoms with E-state index in [9.17, 15) is 0 Å². The number of hydrogen-bond donors (Lipinski definition) is 1. The molecule has 0 spiro atoms. The van der Waals surface area contributed by atoms with Crippen LogP contribution in [0.3, 0.4) is 0 Å². The summed E-state index contributed by atoms with van der Waals surface area (Å²) in [4.78, 5) is 0. The largest absolute Gasteiger partial charge is 0.380 e. The molecule has 0 aliphatic carbocycles. The number of benzene rings is 1. The van der Waals surface area contributed by atoms with Crippen LogP contribution in [0.1, 0.15) is 5.56 Å². The minimum absolute atomic E-state index is 0.478. The minimum atomic E-state index is 0.478. The lowest BCUT2D eigenvalue weighted by Gasteiger charge is -2.08. The number of nitrogens with one attached hydrogen (secondary N) is 1. The van der Waals surface area contributed by atoms with E-state index in [0.29, 0.717) is 6.61 Å². The van der Waals surface area contributed by atoms with Gasteiger partial charge in [-0.15, -0.1) is 0 Å². The monoisotopic (exact) mass is 240 g/mol. The smallest absolute Gasteiger partial charge is 0.181 e. The van der Waals surface area contributed by atoms with Gasteiger partial charge in [0.15, 0.2) is 6.19 Å². The van der Waals surface area contributed by atoms with Crippen LogP contribution >= 0.6 is 15.9 Å². The molecule has 0 aliphatic rings. The molecule has 0 atom stereocenters. The number of nitrogens with zero attached hydrogens (tertiary/aromatic N) is 1. The lowest BCUT2D eigenvalue weighted by atomic mass is 10.2. The van der Waals surface area contributed by atoms with Gasteiger partial charge in [0.1, 0.15) is 0 Å². The van der Waals surface area contributed by atoms with Gasteiger partial charge in [-0.2, -0.15) is 5.26 Å². The number of methoxy groups -OCH3 is 1. The molecular weight excluding hydrogens is 232 g/mol. The molecule has 0 radical (unpaired) electrons. The molecule has 13 heavy (non-hydrogen) atoms. The van der Waals surface area contributed by atoms with Crippen molar-refractivity contribution in [3.05, 3.63) is 28.2 Å². The van der Waals surface area contributed by atoms with Crippen molar-refractivity contribution in [2.45, 2.75) is 6.61 Å². The maximum atomic E-state index is 8.49. The quantitative estimate of drug-likeness (QED) is 0.653. The Kier molecular flexibility index (Phi) is 3.74. The summed E-state index contributed by atoms with van der Waals surface area (Å²) in [6, 6.07) is 5.61. The molecule has 1 rings (SSSR count). The average Bonchev–Trinajstić information content (AvgIpc) is 2.11. The average molecular weight is 241 g/mol. The summed E-state index contributed by atoms with van der Waals surface area (Å²) in [5, 5.41) is 11.1. The molecule has 0 heterocycles. The van der Waals surface area contributed by atoms with E-state index in [-0.39, 0.29) is 0 Å². The van der Waals surface area contributed by atoms with Gasteiger partial charge >= 0.3 is 0 Å². The van der Waals surface area contributed by atoms with Gasteiger partial charge in [-0.1, -0.05) is 22.0 Å². The second-order valence-electron chi connectivity index (χ2n) is 2.44. The van der Waals surface area contributed by atoms with E-state index in [1.807, 2.05) is 24.4 Å². The zero-order valence-corrected chi connectivity index (χ0v) is 8.76. The van der Waals surface area contributed by atoms with Crippen molar-refractivity contribution in [1.82, 2.24) is 0 Å². The number of halogens is 1. The molecular formula is C9H9BrN2O. The number of anilines is 1. The van der Waals surface area contributed by atoms with Gasteiger partial charge in [-0.25, -0.2) is 0 Å². The van der Waals surface area contributed by atoms with Crippen LogP contribution in [-0.2, 0) is 11.3 Å². The van der Waals surface area contributed by atoms with E-state index >= 15 is 0 Å². The van der Waals surface area contributed by atoms with Crippen molar-refractivity contribution in [3.63, 3.8) is 0 Å². The zero-order valence-electron chi connectivity index (χ0n) is 7.17. The normalized spacial score (nSPS) is 9.31. The molecule has 0 saturated heterocycles. The topological polar surface area (TPSA) is 45.0 Å². The van der Waals surface area contributed by atoms with Crippen LogP contribution in [0.25, 0.3) is 0 Å². The first kappa shape index (κ1) is 10.0. The third kappa shape index (κ3) is 2.44. The Balaban J connectivity index is 3.03. The van der Waals surface area contributed by atoms with Gasteiger partial charge in [0.2, 0.25) is 0 Å². The van der Waals surface area contributed by atoms with Crippen LogP contribution in [0, 0.1) is 11.5 Å². The highest BCUT2D eigenvalue weighted by atomic mass is 79.9. The van der Waals surface area contributed by atoms with Crippen molar-refractivity contribution >= 4 is 21.6 Å². The van der Waals surface area contributed by atoms with Crippen LogP contribution < -0.4 is 5.32 Å². The molecule has 4 heteroatoms. The fraction of sp³-hybridized carbons (Fsp3) is 0.222. The van der Waals surface area contributed by atoms with E-state index < -0.39 is 0 Å². The van der Waals surface area contributed by atoms with Crippen LogP contribution in [0.5, 0.6) is 0 Å². The number of rotatable bonds is 3. The Morgan fingerprint density at radius 3 is 3.00 bits per heavy atom. The summed E-state index contributed by atoms with van der Waals surface area (Å²) < 4.78 is 5.96. The number of ether oxygens (including phenoxy) is 1. The predicted octanol–water partition coefficient (Wildman–Crippen LogP) is 2.49. The highest BCUT2D eigenvalue weighted by molar-refractivity contribution is 9.10. The van der Waals surface area contributed by atoms with E-state index in [1.165, 1.54) is 0 Å². The first-order chi connectivity index (χ1) is 6.29. The Bertz CT molecular complexity index is 333. The summed E-state index contributed by atoms with van der Waals surface area (Å²) >= 11 is 3.39. The Labute approximate surface area is 85.4 Å². The summed E-state index contributed by atoms with van der Waals surface area (Å²) in [5.41, 5.74) is 1.73. The lowest BCUT2D eigenvalue weighted by Crippen LogP contribution is -1.97. The second kappa shape index (κ2) is 4.85. The first-order valence-corrected chi connectivity index (χ1v) is 4.50. The van der Waals surface area contributed by atoms with Crippen molar-refractivity contribution in [2.75, 3.05) is 12.4 Å². The van der Waals surface area contributed by atoms with Crippen molar-refractivity contribution in [3.8, 4) is 6.19 Å². The maximum Gasteiger partial charge on any atom is 0.181 e. The first-order valence-electron chi connectivity index (χ1n) is 3.71. The fourth-order valence-corrected chi connectivity index (χ4v) is 1.51. The molecule has 0 fully saturated rings. The highest BCUT2D eigenvalue weighted by Crippen LogP contribution is 2.25. The van der Waals surface area contributed by atoms with Gasteiger partial charge in [0.05, 0.1) is 12.3 Å². The molecule has 3 nitrogen and oxygen atoms in total.